The van der Waals surface area contributed by atoms with Crippen LogP contribution in [-0.2, 0) is 9.16 Å². The smallest absolute Gasteiger partial charge is 0.452 e. The second-order valence-electron chi connectivity index (χ2n) is 5.25. The van der Waals surface area contributed by atoms with E-state index in [1.807, 2.05) is 67.6 Å². The first-order chi connectivity index (χ1) is 12.2. The molecule has 6 nitrogen and oxygen atoms in total. The lowest BCUT2D eigenvalue weighted by Crippen LogP contribution is -2.45. The van der Waals surface area contributed by atoms with Crippen LogP contribution in [0.3, 0.4) is 0 Å². The van der Waals surface area contributed by atoms with E-state index >= 15 is 0 Å². The molecule has 2 aromatic carbocycles. The van der Waals surface area contributed by atoms with Crippen molar-refractivity contribution in [2.75, 3.05) is 6.61 Å². The van der Waals surface area contributed by atoms with Crippen LogP contribution in [-0.4, -0.2) is 27.8 Å². The van der Waals surface area contributed by atoms with Gasteiger partial charge in [0.2, 0.25) is 0 Å². The molecule has 0 aliphatic carbocycles. The molecule has 0 N–H and O–H groups in total. The van der Waals surface area contributed by atoms with Gasteiger partial charge >= 0.3 is 21.2 Å². The molecule has 2 aromatic rings. The fourth-order valence-corrected chi connectivity index (χ4v) is 4.17. The Balaban J connectivity index is 2.04. The number of benzene rings is 2. The zero-order valence-corrected chi connectivity index (χ0v) is 15.2. The summed E-state index contributed by atoms with van der Waals surface area (Å²) in [7, 11) is -2.25. The van der Waals surface area contributed by atoms with E-state index in [0.29, 0.717) is 0 Å². The minimum absolute atomic E-state index is 0.259. The number of rotatable bonds is 6. The van der Waals surface area contributed by atoms with E-state index in [-0.39, 0.29) is 6.61 Å². The number of amides is 2. The molecule has 0 aromatic heterocycles. The van der Waals surface area contributed by atoms with E-state index in [0.717, 1.165) is 23.2 Å². The average molecular weight is 356 g/mol. The van der Waals surface area contributed by atoms with Gasteiger partial charge in [0.25, 0.3) is 0 Å². The van der Waals surface area contributed by atoms with Crippen LogP contribution in [0.25, 0.3) is 0 Å². The second-order valence-corrected chi connectivity index (χ2v) is 7.58. The summed E-state index contributed by atoms with van der Waals surface area (Å²) in [5, 5.41) is 8.43. The lowest BCUT2D eigenvalue weighted by Gasteiger charge is -2.15. The highest BCUT2D eigenvalue weighted by molar-refractivity contribution is 6.81. The Morgan fingerprint density at radius 1 is 0.880 bits per heavy atom. The van der Waals surface area contributed by atoms with Crippen molar-refractivity contribution >= 4 is 31.6 Å². The summed E-state index contributed by atoms with van der Waals surface area (Å²) in [5.41, 5.74) is 0. The van der Waals surface area contributed by atoms with Gasteiger partial charge in [-0.1, -0.05) is 84.2 Å². The summed E-state index contributed by atoms with van der Waals surface area (Å²) in [6.45, 7) is 2.24. The van der Waals surface area contributed by atoms with Crippen LogP contribution in [0.4, 0.5) is 9.59 Å². The van der Waals surface area contributed by atoms with Crippen LogP contribution in [0, 0.1) is 0 Å². The van der Waals surface area contributed by atoms with Crippen LogP contribution in [0.1, 0.15) is 19.8 Å². The summed E-state index contributed by atoms with van der Waals surface area (Å²) >= 11 is 0. The third-order valence-corrected chi connectivity index (χ3v) is 5.78. The maximum atomic E-state index is 12.0. The molecule has 0 unspecified atom stereocenters. The molecule has 0 atom stereocenters. The minimum Gasteiger partial charge on any atom is -0.495 e. The van der Waals surface area contributed by atoms with Crippen molar-refractivity contribution in [1.29, 1.82) is 0 Å². The van der Waals surface area contributed by atoms with E-state index in [1.54, 1.807) is 0 Å². The number of hydrogen-bond donors (Lipinski definition) is 0. The predicted molar refractivity (Wildman–Crippen MR) is 96.9 cm³/mol. The van der Waals surface area contributed by atoms with Crippen LogP contribution in [0.15, 0.2) is 70.9 Å². The number of carbonyl (C=O) groups excluding carboxylic acids is 2. The van der Waals surface area contributed by atoms with Gasteiger partial charge in [-0.05, 0) is 16.8 Å². The molecular weight excluding hydrogens is 336 g/mol. The summed E-state index contributed by atoms with van der Waals surface area (Å²) in [6.07, 6.45) is -0.142. The van der Waals surface area contributed by atoms with Gasteiger partial charge in [0.1, 0.15) is 0 Å². The highest BCUT2D eigenvalue weighted by atomic mass is 28.3. The molecule has 130 valence electrons. The maximum Gasteiger partial charge on any atom is 0.452 e. The van der Waals surface area contributed by atoms with Crippen LogP contribution >= 0.6 is 0 Å². The normalized spacial score (nSPS) is 10.8. The summed E-state index contributed by atoms with van der Waals surface area (Å²) < 4.78 is 10.3. The molecule has 25 heavy (non-hydrogen) atoms. The Bertz CT molecular complexity index is 668. The third-order valence-electron chi connectivity index (χ3n) is 3.36. The zero-order chi connectivity index (χ0) is 17.9. The van der Waals surface area contributed by atoms with E-state index in [9.17, 15) is 9.59 Å². The van der Waals surface area contributed by atoms with Gasteiger partial charge in [-0.25, -0.2) is 9.59 Å². The van der Waals surface area contributed by atoms with E-state index < -0.39 is 21.2 Å². The first-order valence-corrected chi connectivity index (χ1v) is 9.72. The minimum atomic E-state index is -2.25. The predicted octanol–water partition coefficient (Wildman–Crippen LogP) is 3.05. The molecule has 0 saturated heterocycles. The molecule has 0 aliphatic heterocycles. The largest absolute Gasteiger partial charge is 0.495 e. The number of azo groups is 1. The van der Waals surface area contributed by atoms with Crippen molar-refractivity contribution in [2.24, 2.45) is 10.2 Å². The molecule has 0 aliphatic rings. The van der Waals surface area contributed by atoms with Gasteiger partial charge in [0.05, 0.1) is 6.61 Å². The van der Waals surface area contributed by atoms with Gasteiger partial charge < -0.3 is 9.16 Å². The number of unbranched alkanes of at least 4 members (excludes halogenated alkanes) is 1. The Morgan fingerprint density at radius 2 is 1.40 bits per heavy atom. The molecule has 7 heteroatoms. The van der Waals surface area contributed by atoms with E-state index in [4.69, 9.17) is 9.16 Å². The maximum absolute atomic E-state index is 12.0. The second kappa shape index (κ2) is 10.1. The zero-order valence-electron chi connectivity index (χ0n) is 14.0. The molecule has 2 amide bonds. The van der Waals surface area contributed by atoms with Crippen LogP contribution < -0.4 is 10.4 Å². The van der Waals surface area contributed by atoms with Gasteiger partial charge in [0, 0.05) is 0 Å². The molecular formula is C18H20N2O4Si. The van der Waals surface area contributed by atoms with E-state index in [2.05, 4.69) is 10.2 Å². The molecule has 0 heterocycles. The fraction of sp³-hybridized carbons (Fsp3) is 0.222. The molecule has 0 fully saturated rings. The Kier molecular flexibility index (Phi) is 7.52. The molecule has 0 spiro atoms. The Labute approximate surface area is 148 Å². The van der Waals surface area contributed by atoms with Gasteiger partial charge in [-0.2, -0.15) is 0 Å². The lowest BCUT2D eigenvalue weighted by molar-refractivity contribution is 0.152. The lowest BCUT2D eigenvalue weighted by atomic mass is 10.4. The molecule has 0 saturated carbocycles. The third kappa shape index (κ3) is 6.31. The number of nitrogens with zero attached hydrogens (tertiary/aromatic N) is 2. The van der Waals surface area contributed by atoms with Gasteiger partial charge in [-0.15, -0.1) is 0 Å². The van der Waals surface area contributed by atoms with Crippen molar-refractivity contribution in [3.63, 3.8) is 0 Å². The first-order valence-electron chi connectivity index (χ1n) is 8.09. The molecule has 2 rings (SSSR count). The first kappa shape index (κ1) is 18.5. The van der Waals surface area contributed by atoms with Gasteiger partial charge in [0.15, 0.2) is 0 Å². The van der Waals surface area contributed by atoms with Gasteiger partial charge in [-0.3, -0.25) is 0 Å². The average Bonchev–Trinajstić information content (AvgIpc) is 2.66. The van der Waals surface area contributed by atoms with Crippen molar-refractivity contribution in [3.05, 3.63) is 60.7 Å². The summed E-state index contributed by atoms with van der Waals surface area (Å²) in [4.78, 5) is 23.3. The summed E-state index contributed by atoms with van der Waals surface area (Å²) in [6, 6.07) is 19.0. The quantitative estimate of drug-likeness (QED) is 0.453. The number of carbonyl (C=O) groups is 2. The van der Waals surface area contributed by atoms with Crippen LogP contribution in [0.5, 0.6) is 0 Å². The highest BCUT2D eigenvalue weighted by Gasteiger charge is 2.22. The SMILES string of the molecule is CCCCOC(=O)N=NC(=O)O[SiH](c1ccccc1)c1ccccc1. The molecule has 0 radical (unpaired) electrons. The monoisotopic (exact) mass is 356 g/mol. The topological polar surface area (TPSA) is 77.3 Å². The number of hydrogen-bond acceptors (Lipinski definition) is 4. The van der Waals surface area contributed by atoms with Crippen molar-refractivity contribution in [1.82, 2.24) is 0 Å². The van der Waals surface area contributed by atoms with Crippen LogP contribution in [0.2, 0.25) is 0 Å². The summed E-state index contributed by atoms with van der Waals surface area (Å²) in [5.74, 6) is 0. The molecule has 0 bridgehead atoms. The van der Waals surface area contributed by atoms with Crippen molar-refractivity contribution < 1.29 is 18.8 Å². The standard InChI is InChI=1S/C18H20N2O4Si/c1-2-3-14-23-17(21)19-20-18(22)24-25(15-10-6-4-7-11-15)16-12-8-5-9-13-16/h4-13,25H,2-3,14H2,1H3. The number of ether oxygens (including phenoxy) is 1. The highest BCUT2D eigenvalue weighted by Crippen LogP contribution is 1.99. The van der Waals surface area contributed by atoms with E-state index in [1.165, 1.54) is 0 Å². The Hall–Kier alpha value is -2.80. The van der Waals surface area contributed by atoms with Crippen molar-refractivity contribution in [3.8, 4) is 0 Å². The Morgan fingerprint density at radius 3 is 1.92 bits per heavy atom. The van der Waals surface area contributed by atoms with Crippen molar-refractivity contribution in [2.45, 2.75) is 19.8 Å². The fourth-order valence-electron chi connectivity index (χ4n) is 2.12.